The lowest BCUT2D eigenvalue weighted by Crippen LogP contribution is -2.84. The molecule has 0 saturated carbocycles. The predicted octanol–water partition coefficient (Wildman–Crippen LogP) is 3.20. The molecule has 0 radical (unpaired) electrons. The highest BCUT2D eigenvalue weighted by Crippen LogP contribution is 2.33. The summed E-state index contributed by atoms with van der Waals surface area (Å²) in [5.41, 5.74) is -0.162. The van der Waals surface area contributed by atoms with Crippen molar-refractivity contribution in [2.24, 2.45) is 0 Å². The number of hydrogen-bond donors (Lipinski definition) is 2. The van der Waals surface area contributed by atoms with Gasteiger partial charge in [-0.3, -0.25) is 4.79 Å². The minimum Gasteiger partial charge on any atom is -0.335 e. The fraction of sp³-hybridized carbons (Fsp3) is 0.188. The average molecular weight is 362 g/mol. The van der Waals surface area contributed by atoms with Crippen molar-refractivity contribution in [3.8, 4) is 0 Å². The summed E-state index contributed by atoms with van der Waals surface area (Å²) in [5, 5.41) is 4.02. The highest BCUT2D eigenvalue weighted by atomic mass is 35.5. The van der Waals surface area contributed by atoms with Crippen molar-refractivity contribution in [3.63, 3.8) is 0 Å². The largest absolute Gasteiger partial charge is 0.416 e. The van der Waals surface area contributed by atoms with Crippen LogP contribution >= 0.6 is 11.6 Å². The van der Waals surface area contributed by atoms with Gasteiger partial charge in [-0.1, -0.05) is 23.7 Å². The number of rotatable bonds is 5. The predicted molar refractivity (Wildman–Crippen MR) is 82.0 cm³/mol. The van der Waals surface area contributed by atoms with Crippen LogP contribution in [-0.2, 0) is 17.5 Å². The maximum atomic E-state index is 12.8. The van der Waals surface area contributed by atoms with E-state index in [0.29, 0.717) is 6.54 Å². The molecule has 0 fully saturated rings. The zero-order chi connectivity index (χ0) is 17.7. The van der Waals surface area contributed by atoms with Crippen molar-refractivity contribution < 1.29 is 27.7 Å². The molecule has 128 valence electrons. The molecule has 0 aliphatic carbocycles. The van der Waals surface area contributed by atoms with Gasteiger partial charge in [0.2, 0.25) is 0 Å². The van der Waals surface area contributed by atoms with Crippen molar-refractivity contribution in [2.45, 2.75) is 12.7 Å². The van der Waals surface area contributed by atoms with Crippen LogP contribution in [0.1, 0.15) is 11.1 Å². The smallest absolute Gasteiger partial charge is 0.335 e. The minimum atomic E-state index is -4.52. The first-order chi connectivity index (χ1) is 11.3. The van der Waals surface area contributed by atoms with Crippen molar-refractivity contribution in [1.82, 2.24) is 0 Å². The number of amides is 1. The molecular formula is C16H14ClF4N2O+. The second kappa shape index (κ2) is 7.63. The molecule has 0 aliphatic rings. The normalized spacial score (nSPS) is 11.4. The van der Waals surface area contributed by atoms with Crippen LogP contribution in [0, 0.1) is 5.82 Å². The SMILES string of the molecule is O=C(C[NH2+]Cc1ccc(F)cc1)Nc1cc(C(F)(F)F)ccc1Cl. The van der Waals surface area contributed by atoms with Crippen LogP contribution in [0.25, 0.3) is 0 Å². The maximum absolute atomic E-state index is 12.8. The molecule has 0 bridgehead atoms. The van der Waals surface area contributed by atoms with Crippen LogP contribution in [0.5, 0.6) is 0 Å². The van der Waals surface area contributed by atoms with Crippen molar-refractivity contribution in [1.29, 1.82) is 0 Å². The van der Waals surface area contributed by atoms with E-state index in [1.54, 1.807) is 17.4 Å². The molecule has 24 heavy (non-hydrogen) atoms. The van der Waals surface area contributed by atoms with E-state index in [0.717, 1.165) is 23.8 Å². The first-order valence-electron chi connectivity index (χ1n) is 6.98. The summed E-state index contributed by atoms with van der Waals surface area (Å²) in [6, 6.07) is 8.53. The molecule has 0 unspecified atom stereocenters. The Morgan fingerprint density at radius 1 is 1.12 bits per heavy atom. The Morgan fingerprint density at radius 2 is 1.79 bits per heavy atom. The van der Waals surface area contributed by atoms with E-state index in [1.807, 2.05) is 0 Å². The summed E-state index contributed by atoms with van der Waals surface area (Å²) >= 11 is 5.81. The van der Waals surface area contributed by atoms with Crippen LogP contribution in [0.4, 0.5) is 23.2 Å². The van der Waals surface area contributed by atoms with E-state index in [4.69, 9.17) is 11.6 Å². The Morgan fingerprint density at radius 3 is 2.42 bits per heavy atom. The third kappa shape index (κ3) is 5.21. The van der Waals surface area contributed by atoms with Gasteiger partial charge in [0.1, 0.15) is 12.4 Å². The Bertz CT molecular complexity index is 717. The van der Waals surface area contributed by atoms with Gasteiger partial charge < -0.3 is 10.6 Å². The Labute approximate surface area is 140 Å². The molecular weight excluding hydrogens is 348 g/mol. The second-order valence-corrected chi connectivity index (χ2v) is 5.47. The lowest BCUT2D eigenvalue weighted by molar-refractivity contribution is -0.659. The molecule has 2 aromatic carbocycles. The maximum Gasteiger partial charge on any atom is 0.416 e. The summed E-state index contributed by atoms with van der Waals surface area (Å²) in [4.78, 5) is 11.8. The molecule has 3 nitrogen and oxygen atoms in total. The first-order valence-corrected chi connectivity index (χ1v) is 7.36. The van der Waals surface area contributed by atoms with Crippen LogP contribution in [0.3, 0.4) is 0 Å². The number of hydrogen-bond acceptors (Lipinski definition) is 1. The highest BCUT2D eigenvalue weighted by Gasteiger charge is 2.31. The molecule has 0 spiro atoms. The number of nitrogens with one attached hydrogen (secondary N) is 1. The number of nitrogens with two attached hydrogens (primary N) is 1. The summed E-state index contributed by atoms with van der Waals surface area (Å²) < 4.78 is 50.8. The number of alkyl halides is 3. The van der Waals surface area contributed by atoms with E-state index in [-0.39, 0.29) is 23.1 Å². The van der Waals surface area contributed by atoms with Crippen molar-refractivity contribution in [3.05, 3.63) is 64.4 Å². The van der Waals surface area contributed by atoms with Crippen molar-refractivity contribution >= 4 is 23.2 Å². The van der Waals surface area contributed by atoms with E-state index in [9.17, 15) is 22.4 Å². The first kappa shape index (κ1) is 18.2. The summed E-state index contributed by atoms with van der Waals surface area (Å²) in [6.07, 6.45) is -4.52. The molecule has 2 rings (SSSR count). The molecule has 0 heterocycles. The number of quaternary nitrogens is 1. The third-order valence-corrected chi connectivity index (χ3v) is 3.52. The van der Waals surface area contributed by atoms with Gasteiger partial charge >= 0.3 is 6.18 Å². The number of carbonyl (C=O) groups excluding carboxylic acids is 1. The highest BCUT2D eigenvalue weighted by molar-refractivity contribution is 6.33. The number of carbonyl (C=O) groups is 1. The van der Waals surface area contributed by atoms with E-state index in [2.05, 4.69) is 5.32 Å². The average Bonchev–Trinajstić information content (AvgIpc) is 2.50. The molecule has 0 aromatic heterocycles. The van der Waals surface area contributed by atoms with Gasteiger partial charge in [0.05, 0.1) is 16.3 Å². The minimum absolute atomic E-state index is 0.00997. The number of benzene rings is 2. The van der Waals surface area contributed by atoms with Gasteiger partial charge in [-0.2, -0.15) is 13.2 Å². The molecule has 3 N–H and O–H groups in total. The molecule has 2 aromatic rings. The lowest BCUT2D eigenvalue weighted by atomic mass is 10.2. The van der Waals surface area contributed by atoms with Crippen molar-refractivity contribution in [2.75, 3.05) is 11.9 Å². The Balaban J connectivity index is 1.91. The summed E-state index contributed by atoms with van der Waals surface area (Å²) in [7, 11) is 0. The van der Waals surface area contributed by atoms with Gasteiger partial charge in [-0.25, -0.2) is 4.39 Å². The van der Waals surface area contributed by atoms with Gasteiger partial charge in [0.15, 0.2) is 6.54 Å². The lowest BCUT2D eigenvalue weighted by Gasteiger charge is -2.11. The molecule has 0 aliphatic heterocycles. The van der Waals surface area contributed by atoms with Gasteiger partial charge in [0, 0.05) is 5.56 Å². The fourth-order valence-corrected chi connectivity index (χ4v) is 2.15. The fourth-order valence-electron chi connectivity index (χ4n) is 1.99. The topological polar surface area (TPSA) is 45.7 Å². The monoisotopic (exact) mass is 361 g/mol. The third-order valence-electron chi connectivity index (χ3n) is 3.19. The van der Waals surface area contributed by atoms with Crippen LogP contribution in [0.2, 0.25) is 5.02 Å². The number of anilines is 1. The standard InChI is InChI=1S/C16H13ClF4N2O/c17-13-6-3-11(16(19,20)21)7-14(13)23-15(24)9-22-8-10-1-4-12(18)5-2-10/h1-7,22H,8-9H2,(H,23,24)/p+1. The van der Waals surface area contributed by atoms with Gasteiger partial charge in [-0.05, 0) is 30.3 Å². The van der Waals surface area contributed by atoms with Crippen LogP contribution in [-0.4, -0.2) is 12.5 Å². The van der Waals surface area contributed by atoms with Crippen LogP contribution in [0.15, 0.2) is 42.5 Å². The zero-order valence-electron chi connectivity index (χ0n) is 12.3. The number of halogens is 5. The molecule has 0 atom stereocenters. The van der Waals surface area contributed by atoms with Crippen LogP contribution < -0.4 is 10.6 Å². The van der Waals surface area contributed by atoms with E-state index >= 15 is 0 Å². The van der Waals surface area contributed by atoms with E-state index < -0.39 is 17.6 Å². The van der Waals surface area contributed by atoms with Gasteiger partial charge in [0.25, 0.3) is 5.91 Å². The molecule has 8 heteroatoms. The van der Waals surface area contributed by atoms with Gasteiger partial charge in [-0.15, -0.1) is 0 Å². The Hall–Kier alpha value is -2.12. The second-order valence-electron chi connectivity index (χ2n) is 5.06. The van der Waals surface area contributed by atoms with E-state index in [1.165, 1.54) is 12.1 Å². The summed E-state index contributed by atoms with van der Waals surface area (Å²) in [6.45, 7) is 0.425. The quantitative estimate of drug-likeness (QED) is 0.789. The Kier molecular flexibility index (Phi) is 5.80. The summed E-state index contributed by atoms with van der Waals surface area (Å²) in [5.74, 6) is -0.839. The molecule has 0 saturated heterocycles. The molecule has 1 amide bonds. The zero-order valence-corrected chi connectivity index (χ0v) is 13.1.